The SMILES string of the molecule is Cc1cc(C)n(-c2ccc(=O)n(CCNC(=O)Cc3ccc(Br)cc3)n2)n1. The van der Waals surface area contributed by atoms with Crippen molar-refractivity contribution in [1.29, 1.82) is 0 Å². The van der Waals surface area contributed by atoms with E-state index in [1.165, 1.54) is 10.7 Å². The lowest BCUT2D eigenvalue weighted by Crippen LogP contribution is -2.33. The summed E-state index contributed by atoms with van der Waals surface area (Å²) in [6, 6.07) is 12.6. The van der Waals surface area contributed by atoms with Crippen LogP contribution in [0.4, 0.5) is 0 Å². The Morgan fingerprint density at radius 1 is 1.11 bits per heavy atom. The third-order valence-corrected chi connectivity index (χ3v) is 4.53. The zero-order chi connectivity index (χ0) is 19.4. The van der Waals surface area contributed by atoms with Gasteiger partial charge in [0.2, 0.25) is 5.91 Å². The van der Waals surface area contributed by atoms with Gasteiger partial charge in [0, 0.05) is 22.8 Å². The van der Waals surface area contributed by atoms with E-state index in [1.54, 1.807) is 10.7 Å². The van der Waals surface area contributed by atoms with E-state index in [4.69, 9.17) is 0 Å². The van der Waals surface area contributed by atoms with Gasteiger partial charge in [-0.05, 0) is 43.7 Å². The zero-order valence-corrected chi connectivity index (χ0v) is 16.7. The van der Waals surface area contributed by atoms with Crippen LogP contribution in [0.25, 0.3) is 5.82 Å². The van der Waals surface area contributed by atoms with E-state index in [0.29, 0.717) is 18.8 Å². The molecule has 0 radical (unpaired) electrons. The summed E-state index contributed by atoms with van der Waals surface area (Å²) in [7, 11) is 0. The molecule has 0 saturated carbocycles. The largest absolute Gasteiger partial charge is 0.354 e. The summed E-state index contributed by atoms with van der Waals surface area (Å²) in [5.74, 6) is 0.474. The Bertz CT molecular complexity index is 1010. The lowest BCUT2D eigenvalue weighted by molar-refractivity contribution is -0.120. The Morgan fingerprint density at radius 3 is 2.52 bits per heavy atom. The van der Waals surface area contributed by atoms with E-state index >= 15 is 0 Å². The highest BCUT2D eigenvalue weighted by Crippen LogP contribution is 2.11. The van der Waals surface area contributed by atoms with Crippen LogP contribution in [0.3, 0.4) is 0 Å². The first kappa shape index (κ1) is 19.0. The first-order valence-electron chi connectivity index (χ1n) is 8.55. The third kappa shape index (κ3) is 4.91. The van der Waals surface area contributed by atoms with Crippen LogP contribution in [0, 0.1) is 13.8 Å². The molecule has 0 unspecified atom stereocenters. The van der Waals surface area contributed by atoms with Crippen molar-refractivity contribution < 1.29 is 4.79 Å². The number of aromatic nitrogens is 4. The number of amides is 1. The minimum absolute atomic E-state index is 0.0972. The van der Waals surface area contributed by atoms with Crippen molar-refractivity contribution in [2.75, 3.05) is 6.54 Å². The van der Waals surface area contributed by atoms with Crippen molar-refractivity contribution in [3.8, 4) is 5.82 Å². The Balaban J connectivity index is 1.61. The molecule has 0 fully saturated rings. The minimum atomic E-state index is -0.220. The van der Waals surface area contributed by atoms with Crippen molar-refractivity contribution in [2.45, 2.75) is 26.8 Å². The van der Waals surface area contributed by atoms with E-state index in [2.05, 4.69) is 31.4 Å². The first-order valence-corrected chi connectivity index (χ1v) is 9.34. The summed E-state index contributed by atoms with van der Waals surface area (Å²) in [5, 5.41) is 11.6. The summed E-state index contributed by atoms with van der Waals surface area (Å²) in [4.78, 5) is 24.1. The fourth-order valence-corrected chi connectivity index (χ4v) is 2.99. The zero-order valence-electron chi connectivity index (χ0n) is 15.1. The smallest absolute Gasteiger partial charge is 0.266 e. The topological polar surface area (TPSA) is 81.8 Å². The van der Waals surface area contributed by atoms with Gasteiger partial charge in [-0.3, -0.25) is 9.59 Å². The molecule has 0 bridgehead atoms. The molecule has 0 saturated heterocycles. The molecular formula is C19H20BrN5O2. The molecule has 140 valence electrons. The first-order chi connectivity index (χ1) is 12.9. The molecule has 0 spiro atoms. The normalized spacial score (nSPS) is 10.8. The highest BCUT2D eigenvalue weighted by Gasteiger charge is 2.08. The van der Waals surface area contributed by atoms with E-state index in [-0.39, 0.29) is 18.0 Å². The number of hydrogen-bond donors (Lipinski definition) is 1. The fourth-order valence-electron chi connectivity index (χ4n) is 2.72. The highest BCUT2D eigenvalue weighted by molar-refractivity contribution is 9.10. The van der Waals surface area contributed by atoms with E-state index in [9.17, 15) is 9.59 Å². The van der Waals surface area contributed by atoms with Crippen molar-refractivity contribution in [1.82, 2.24) is 24.9 Å². The summed E-state index contributed by atoms with van der Waals surface area (Å²) in [6.07, 6.45) is 0.293. The monoisotopic (exact) mass is 429 g/mol. The number of aryl methyl sites for hydroxylation is 2. The van der Waals surface area contributed by atoms with Crippen molar-refractivity contribution >= 4 is 21.8 Å². The number of carbonyl (C=O) groups is 1. The standard InChI is InChI=1S/C19H20BrN5O2/c1-13-11-14(2)25(22-13)17-7-8-19(27)24(23-17)10-9-21-18(26)12-15-3-5-16(20)6-4-15/h3-8,11H,9-10,12H2,1-2H3,(H,21,26). The summed E-state index contributed by atoms with van der Waals surface area (Å²) < 4.78 is 4.00. The van der Waals surface area contributed by atoms with E-state index < -0.39 is 0 Å². The Kier molecular flexibility index (Phi) is 5.85. The fraction of sp³-hybridized carbons (Fsp3) is 0.263. The van der Waals surface area contributed by atoms with Crippen molar-refractivity contribution in [3.63, 3.8) is 0 Å². The summed E-state index contributed by atoms with van der Waals surface area (Å²) >= 11 is 3.37. The maximum atomic E-state index is 12.1. The Hall–Kier alpha value is -2.74. The van der Waals surface area contributed by atoms with E-state index in [0.717, 1.165) is 21.4 Å². The number of halogens is 1. The van der Waals surface area contributed by atoms with Crippen LogP contribution in [-0.2, 0) is 17.8 Å². The van der Waals surface area contributed by atoms with Crippen LogP contribution in [0.1, 0.15) is 17.0 Å². The molecule has 1 N–H and O–H groups in total. The lowest BCUT2D eigenvalue weighted by atomic mass is 10.1. The maximum Gasteiger partial charge on any atom is 0.266 e. The molecular weight excluding hydrogens is 410 g/mol. The molecule has 27 heavy (non-hydrogen) atoms. The molecule has 0 atom stereocenters. The second kappa shape index (κ2) is 8.30. The second-order valence-corrected chi connectivity index (χ2v) is 7.16. The number of benzene rings is 1. The van der Waals surface area contributed by atoms with Gasteiger partial charge in [-0.1, -0.05) is 28.1 Å². The molecule has 2 heterocycles. The van der Waals surface area contributed by atoms with E-state index in [1.807, 2.05) is 44.2 Å². The molecule has 0 aliphatic rings. The van der Waals surface area contributed by atoms with Gasteiger partial charge in [-0.25, -0.2) is 9.36 Å². The van der Waals surface area contributed by atoms with Crippen LogP contribution in [0.2, 0.25) is 0 Å². The average molecular weight is 430 g/mol. The molecule has 3 aromatic rings. The van der Waals surface area contributed by atoms with Gasteiger partial charge in [0.25, 0.3) is 5.56 Å². The number of rotatable bonds is 6. The van der Waals surface area contributed by atoms with Crippen LogP contribution in [-0.4, -0.2) is 32.0 Å². The van der Waals surface area contributed by atoms with Gasteiger partial charge in [-0.15, -0.1) is 5.10 Å². The summed E-state index contributed by atoms with van der Waals surface area (Å²) in [5.41, 5.74) is 2.53. The highest BCUT2D eigenvalue weighted by atomic mass is 79.9. The minimum Gasteiger partial charge on any atom is -0.354 e. The Labute approximate surface area is 165 Å². The molecule has 8 heteroatoms. The molecule has 3 rings (SSSR count). The molecule has 1 amide bonds. The number of nitrogens with zero attached hydrogens (tertiary/aromatic N) is 4. The van der Waals surface area contributed by atoms with Crippen LogP contribution >= 0.6 is 15.9 Å². The molecule has 7 nitrogen and oxygen atoms in total. The van der Waals surface area contributed by atoms with Gasteiger partial charge in [0.05, 0.1) is 18.7 Å². The maximum absolute atomic E-state index is 12.1. The van der Waals surface area contributed by atoms with Crippen molar-refractivity contribution in [2.24, 2.45) is 0 Å². The number of nitrogens with one attached hydrogen (secondary N) is 1. The van der Waals surface area contributed by atoms with Gasteiger partial charge >= 0.3 is 0 Å². The number of hydrogen-bond acceptors (Lipinski definition) is 4. The predicted octanol–water partition coefficient (Wildman–Crippen LogP) is 2.17. The molecule has 2 aromatic heterocycles. The summed E-state index contributed by atoms with van der Waals surface area (Å²) in [6.45, 7) is 4.45. The van der Waals surface area contributed by atoms with Gasteiger partial charge in [-0.2, -0.15) is 5.10 Å². The van der Waals surface area contributed by atoms with Crippen LogP contribution < -0.4 is 10.9 Å². The van der Waals surface area contributed by atoms with Gasteiger partial charge in [0.15, 0.2) is 5.82 Å². The second-order valence-electron chi connectivity index (χ2n) is 6.25. The Morgan fingerprint density at radius 2 is 1.85 bits per heavy atom. The van der Waals surface area contributed by atoms with Crippen LogP contribution in [0.5, 0.6) is 0 Å². The number of carbonyl (C=O) groups excluding carboxylic acids is 1. The third-order valence-electron chi connectivity index (χ3n) is 4.00. The molecule has 1 aromatic carbocycles. The van der Waals surface area contributed by atoms with Gasteiger partial charge in [0.1, 0.15) is 0 Å². The molecule has 0 aliphatic heterocycles. The van der Waals surface area contributed by atoms with Crippen molar-refractivity contribution in [3.05, 3.63) is 74.2 Å². The average Bonchev–Trinajstić information content (AvgIpc) is 2.97. The lowest BCUT2D eigenvalue weighted by Gasteiger charge is -2.09. The predicted molar refractivity (Wildman–Crippen MR) is 106 cm³/mol. The van der Waals surface area contributed by atoms with Gasteiger partial charge < -0.3 is 5.32 Å². The molecule has 0 aliphatic carbocycles. The van der Waals surface area contributed by atoms with Crippen LogP contribution in [0.15, 0.2) is 51.7 Å². The quantitative estimate of drug-likeness (QED) is 0.650.